The van der Waals surface area contributed by atoms with Gasteiger partial charge in [-0.05, 0) is 0 Å². The van der Waals surface area contributed by atoms with Crippen molar-refractivity contribution in [3.05, 3.63) is 16.2 Å². The second-order valence-corrected chi connectivity index (χ2v) is 4.15. The van der Waals surface area contributed by atoms with E-state index in [-0.39, 0.29) is 16.6 Å². The van der Waals surface area contributed by atoms with Crippen LogP contribution in [0.1, 0.15) is 0 Å². The van der Waals surface area contributed by atoms with E-state index in [2.05, 4.69) is 4.98 Å². The van der Waals surface area contributed by atoms with Crippen LogP contribution in [0.2, 0.25) is 0 Å². The first-order valence-electron chi connectivity index (χ1n) is 4.53. The van der Waals surface area contributed by atoms with Gasteiger partial charge in [0.25, 0.3) is 0 Å². The van der Waals surface area contributed by atoms with Crippen LogP contribution in [-0.4, -0.2) is 24.1 Å². The summed E-state index contributed by atoms with van der Waals surface area (Å²) in [7, 11) is 2.81. The molecule has 8 heteroatoms. The van der Waals surface area contributed by atoms with Crippen LogP contribution in [0.15, 0.2) is 6.07 Å². The van der Waals surface area contributed by atoms with E-state index in [0.29, 0.717) is 16.0 Å². The molecule has 0 spiro atoms. The summed E-state index contributed by atoms with van der Waals surface area (Å²) in [4.78, 5) is 14.5. The number of benzene rings is 1. The summed E-state index contributed by atoms with van der Waals surface area (Å²) in [6, 6.07) is 1.43. The minimum Gasteiger partial charge on any atom is -0.494 e. The molecule has 0 saturated heterocycles. The van der Waals surface area contributed by atoms with Crippen LogP contribution in [-0.2, 0) is 0 Å². The molecule has 0 fully saturated rings. The third-order valence-corrected chi connectivity index (χ3v) is 3.10. The Hall–Kier alpha value is -2.09. The Morgan fingerprint density at radius 1 is 1.41 bits per heavy atom. The first-order valence-corrected chi connectivity index (χ1v) is 5.35. The van der Waals surface area contributed by atoms with E-state index in [0.717, 1.165) is 11.3 Å². The van der Waals surface area contributed by atoms with Gasteiger partial charge in [-0.3, -0.25) is 10.1 Å². The van der Waals surface area contributed by atoms with E-state index in [4.69, 9.17) is 15.2 Å². The number of nitrogens with zero attached hydrogens (tertiary/aromatic N) is 2. The van der Waals surface area contributed by atoms with E-state index in [9.17, 15) is 10.1 Å². The standard InChI is InChI=1S/C9H9N3O4S/c1-15-4-3-5(16-2)7(12(13)14)8-6(4)11-9(10)17-8/h3H,1-2H3,(H2,10,11). The monoisotopic (exact) mass is 255 g/mol. The number of methoxy groups -OCH3 is 2. The van der Waals surface area contributed by atoms with Crippen molar-refractivity contribution in [2.24, 2.45) is 0 Å². The lowest BCUT2D eigenvalue weighted by atomic mass is 10.2. The number of nitrogen functional groups attached to an aromatic ring is 1. The Kier molecular flexibility index (Phi) is 2.72. The quantitative estimate of drug-likeness (QED) is 0.663. The third kappa shape index (κ3) is 1.72. The number of anilines is 1. The van der Waals surface area contributed by atoms with Crippen molar-refractivity contribution < 1.29 is 14.4 Å². The highest BCUT2D eigenvalue weighted by Gasteiger charge is 2.25. The zero-order chi connectivity index (χ0) is 12.6. The van der Waals surface area contributed by atoms with Crippen molar-refractivity contribution in [2.45, 2.75) is 0 Å². The molecule has 0 saturated carbocycles. The van der Waals surface area contributed by atoms with Crippen LogP contribution >= 0.6 is 11.3 Å². The van der Waals surface area contributed by atoms with Crippen LogP contribution in [0, 0.1) is 10.1 Å². The predicted octanol–water partition coefficient (Wildman–Crippen LogP) is 1.80. The highest BCUT2D eigenvalue weighted by Crippen LogP contribution is 2.44. The number of thiazole rings is 1. The largest absolute Gasteiger partial charge is 0.494 e. The van der Waals surface area contributed by atoms with Gasteiger partial charge in [-0.1, -0.05) is 11.3 Å². The van der Waals surface area contributed by atoms with Crippen molar-refractivity contribution in [2.75, 3.05) is 20.0 Å². The van der Waals surface area contributed by atoms with Gasteiger partial charge >= 0.3 is 5.69 Å². The minimum absolute atomic E-state index is 0.128. The molecule has 0 unspecified atom stereocenters. The molecule has 0 aliphatic heterocycles. The molecule has 2 N–H and O–H groups in total. The fourth-order valence-corrected chi connectivity index (χ4v) is 2.38. The lowest BCUT2D eigenvalue weighted by Gasteiger charge is -2.05. The maximum atomic E-state index is 11.0. The smallest absolute Gasteiger partial charge is 0.330 e. The fourth-order valence-electron chi connectivity index (χ4n) is 1.52. The van der Waals surface area contributed by atoms with Gasteiger partial charge in [-0.25, -0.2) is 4.98 Å². The zero-order valence-corrected chi connectivity index (χ0v) is 9.91. The number of rotatable bonds is 3. The van der Waals surface area contributed by atoms with Gasteiger partial charge in [0, 0.05) is 6.07 Å². The fraction of sp³-hybridized carbons (Fsp3) is 0.222. The van der Waals surface area contributed by atoms with Crippen LogP contribution < -0.4 is 15.2 Å². The number of nitrogens with two attached hydrogens (primary N) is 1. The molecule has 0 aliphatic rings. The van der Waals surface area contributed by atoms with Crippen molar-refractivity contribution in [3.63, 3.8) is 0 Å². The van der Waals surface area contributed by atoms with E-state index < -0.39 is 4.92 Å². The Bertz CT molecular complexity index is 595. The predicted molar refractivity (Wildman–Crippen MR) is 63.8 cm³/mol. The molecule has 1 aromatic carbocycles. The van der Waals surface area contributed by atoms with Crippen LogP contribution in [0.25, 0.3) is 10.2 Å². The topological polar surface area (TPSA) is 101 Å². The molecule has 0 radical (unpaired) electrons. The highest BCUT2D eigenvalue weighted by molar-refractivity contribution is 7.22. The van der Waals surface area contributed by atoms with Gasteiger partial charge in [0.15, 0.2) is 5.13 Å². The molecule has 90 valence electrons. The highest BCUT2D eigenvalue weighted by atomic mass is 32.1. The molecule has 2 rings (SSSR count). The van der Waals surface area contributed by atoms with Gasteiger partial charge < -0.3 is 15.2 Å². The van der Waals surface area contributed by atoms with E-state index in [1.807, 2.05) is 0 Å². The molecule has 0 aliphatic carbocycles. The van der Waals surface area contributed by atoms with Gasteiger partial charge in [0.05, 0.1) is 19.1 Å². The van der Waals surface area contributed by atoms with E-state index in [1.165, 1.54) is 20.3 Å². The number of nitro groups is 1. The molecule has 2 aromatic rings. The van der Waals surface area contributed by atoms with Gasteiger partial charge in [0.2, 0.25) is 5.75 Å². The van der Waals surface area contributed by atoms with Gasteiger partial charge in [-0.15, -0.1) is 0 Å². The summed E-state index contributed by atoms with van der Waals surface area (Å²) in [5, 5.41) is 11.3. The number of fused-ring (bicyclic) bond motifs is 1. The van der Waals surface area contributed by atoms with Gasteiger partial charge in [0.1, 0.15) is 16.0 Å². The maximum Gasteiger partial charge on any atom is 0.330 e. The summed E-state index contributed by atoms with van der Waals surface area (Å²) in [6.45, 7) is 0. The van der Waals surface area contributed by atoms with E-state index in [1.54, 1.807) is 0 Å². The van der Waals surface area contributed by atoms with Crippen LogP contribution in [0.3, 0.4) is 0 Å². The average Bonchev–Trinajstić information content (AvgIpc) is 2.67. The number of hydrogen-bond donors (Lipinski definition) is 1. The lowest BCUT2D eigenvalue weighted by molar-refractivity contribution is -0.383. The summed E-state index contributed by atoms with van der Waals surface area (Å²) in [5.41, 5.74) is 5.80. The molecule has 0 atom stereocenters. The van der Waals surface area contributed by atoms with Gasteiger partial charge in [-0.2, -0.15) is 0 Å². The zero-order valence-electron chi connectivity index (χ0n) is 9.09. The Labute approximate surface area is 99.9 Å². The van der Waals surface area contributed by atoms with Crippen LogP contribution in [0.4, 0.5) is 10.8 Å². The van der Waals surface area contributed by atoms with E-state index >= 15 is 0 Å². The van der Waals surface area contributed by atoms with Crippen LogP contribution in [0.5, 0.6) is 11.5 Å². The first-order chi connectivity index (χ1) is 8.08. The molecule has 1 aromatic heterocycles. The molecular weight excluding hydrogens is 246 g/mol. The average molecular weight is 255 g/mol. The maximum absolute atomic E-state index is 11.0. The minimum atomic E-state index is -0.516. The second-order valence-electron chi connectivity index (χ2n) is 3.12. The molecule has 7 nitrogen and oxygen atoms in total. The molecular formula is C9H9N3O4S. The first kappa shape index (κ1) is 11.4. The Morgan fingerprint density at radius 3 is 2.59 bits per heavy atom. The molecule has 0 bridgehead atoms. The van der Waals surface area contributed by atoms with Crippen molar-refractivity contribution in [1.29, 1.82) is 0 Å². The van der Waals surface area contributed by atoms with Crippen molar-refractivity contribution >= 4 is 32.4 Å². The third-order valence-electron chi connectivity index (χ3n) is 2.21. The summed E-state index contributed by atoms with van der Waals surface area (Å²) in [6.07, 6.45) is 0. The molecule has 0 amide bonds. The van der Waals surface area contributed by atoms with Crippen molar-refractivity contribution in [3.8, 4) is 11.5 Å². The number of aromatic nitrogens is 1. The number of hydrogen-bond acceptors (Lipinski definition) is 7. The van der Waals surface area contributed by atoms with Crippen molar-refractivity contribution in [1.82, 2.24) is 4.98 Å². The molecule has 1 heterocycles. The normalized spacial score (nSPS) is 10.5. The molecule has 17 heavy (non-hydrogen) atoms. The number of nitro benzene ring substituents is 1. The Balaban J connectivity index is 2.89. The lowest BCUT2D eigenvalue weighted by Crippen LogP contribution is -1.96. The summed E-state index contributed by atoms with van der Waals surface area (Å²) in [5.74, 6) is 0.526. The summed E-state index contributed by atoms with van der Waals surface area (Å²) >= 11 is 1.03. The second kappa shape index (κ2) is 4.06. The SMILES string of the molecule is COc1cc(OC)c2nc(N)sc2c1[N+](=O)[O-]. The Morgan fingerprint density at radius 2 is 2.06 bits per heavy atom. The number of ether oxygens (including phenoxy) is 2. The summed E-state index contributed by atoms with van der Waals surface area (Å²) < 4.78 is 10.4.